The van der Waals surface area contributed by atoms with Crippen LogP contribution < -0.4 is 9.92 Å². The number of rotatable bonds is 2. The Hall–Kier alpha value is -1.33. The molecule has 0 spiro atoms. The summed E-state index contributed by atoms with van der Waals surface area (Å²) in [5.74, 6) is 0.603. The molecule has 4 nitrogen and oxygen atoms in total. The largest absolute Gasteiger partial charge is 0.497 e. The molecule has 1 amide bonds. The number of amides is 1. The van der Waals surface area contributed by atoms with Gasteiger partial charge in [-0.2, -0.15) is 0 Å². The lowest BCUT2D eigenvalue weighted by molar-refractivity contribution is 0.0301. The predicted molar refractivity (Wildman–Crippen MR) is 73.0 cm³/mol. The lowest BCUT2D eigenvalue weighted by Gasteiger charge is -2.20. The van der Waals surface area contributed by atoms with Crippen molar-refractivity contribution in [2.24, 2.45) is 0 Å². The van der Waals surface area contributed by atoms with Crippen molar-refractivity contribution in [1.29, 1.82) is 0 Å². The summed E-state index contributed by atoms with van der Waals surface area (Å²) >= 11 is 0. The van der Waals surface area contributed by atoms with Crippen molar-refractivity contribution in [2.45, 2.75) is 25.9 Å². The van der Waals surface area contributed by atoms with Crippen LogP contribution in [0.5, 0.6) is 5.75 Å². The van der Waals surface area contributed by atoms with E-state index in [9.17, 15) is 9.90 Å². The molecule has 0 saturated carbocycles. The number of carbonyl (C=O) groups excluding carboxylic acids is 1. The van der Waals surface area contributed by atoms with Gasteiger partial charge in [-0.05, 0) is 17.3 Å². The van der Waals surface area contributed by atoms with E-state index in [4.69, 9.17) is 4.74 Å². The second-order valence-corrected chi connectivity index (χ2v) is 10.7. The van der Waals surface area contributed by atoms with Crippen molar-refractivity contribution < 1.29 is 14.6 Å². The summed E-state index contributed by atoms with van der Waals surface area (Å²) in [6.07, 6.45) is -0.863. The summed E-state index contributed by atoms with van der Waals surface area (Å²) in [4.78, 5) is 13.6. The number of methoxy groups -OCH3 is 1. The SMILES string of the molecule is COc1cc2c(c([Si](C)(C)C)c1)C(=O)N(C)C2O. The predicted octanol–water partition coefficient (Wildman–Crippen LogP) is 1.32. The van der Waals surface area contributed by atoms with Gasteiger partial charge >= 0.3 is 0 Å². The van der Waals surface area contributed by atoms with E-state index in [1.807, 2.05) is 6.07 Å². The maximum Gasteiger partial charge on any atom is 0.256 e. The average molecular weight is 265 g/mol. The molecule has 1 heterocycles. The molecule has 1 atom stereocenters. The Labute approximate surface area is 108 Å². The first-order valence-corrected chi connectivity index (χ1v) is 9.45. The summed E-state index contributed by atoms with van der Waals surface area (Å²) < 4.78 is 5.28. The first-order valence-electron chi connectivity index (χ1n) is 5.95. The number of fused-ring (bicyclic) bond motifs is 1. The number of hydrogen-bond acceptors (Lipinski definition) is 3. The lowest BCUT2D eigenvalue weighted by Crippen LogP contribution is -2.42. The van der Waals surface area contributed by atoms with Gasteiger partial charge in [-0.25, -0.2) is 0 Å². The highest BCUT2D eigenvalue weighted by Gasteiger charge is 2.38. The molecule has 1 N–H and O–H groups in total. The van der Waals surface area contributed by atoms with Gasteiger partial charge in [-0.1, -0.05) is 19.6 Å². The van der Waals surface area contributed by atoms with Gasteiger partial charge in [0.15, 0.2) is 6.23 Å². The van der Waals surface area contributed by atoms with Gasteiger partial charge in [0.05, 0.1) is 15.2 Å². The van der Waals surface area contributed by atoms with E-state index in [0.717, 1.165) is 5.19 Å². The van der Waals surface area contributed by atoms with Crippen LogP contribution in [0.1, 0.15) is 22.1 Å². The molecule has 1 aromatic carbocycles. The second-order valence-electron chi connectivity index (χ2n) is 5.68. The molecular formula is C13H19NO3Si. The Kier molecular flexibility index (Phi) is 2.99. The average Bonchev–Trinajstić information content (AvgIpc) is 2.52. The van der Waals surface area contributed by atoms with Crippen molar-refractivity contribution >= 4 is 19.2 Å². The first-order chi connectivity index (χ1) is 8.27. The highest BCUT2D eigenvalue weighted by Crippen LogP contribution is 2.33. The summed E-state index contributed by atoms with van der Waals surface area (Å²) in [6, 6.07) is 3.69. The van der Waals surface area contributed by atoms with Crippen LogP contribution in [-0.2, 0) is 0 Å². The maximum absolute atomic E-state index is 12.2. The highest BCUT2D eigenvalue weighted by molar-refractivity contribution is 6.89. The molecule has 0 radical (unpaired) electrons. The number of hydrogen-bond donors (Lipinski definition) is 1. The van der Waals surface area contributed by atoms with Gasteiger partial charge in [0.2, 0.25) is 0 Å². The smallest absolute Gasteiger partial charge is 0.256 e. The Morgan fingerprint density at radius 3 is 2.44 bits per heavy atom. The molecule has 0 aromatic heterocycles. The van der Waals surface area contributed by atoms with E-state index in [1.165, 1.54) is 4.90 Å². The standard InChI is InChI=1S/C13H19NO3Si/c1-14-12(15)9-6-8(17-2)7-10(18(3,4)5)11(9)13(14)16/h6-7,12,15H,1-5H3. The normalized spacial score (nSPS) is 19.1. The van der Waals surface area contributed by atoms with Crippen LogP contribution in [0.3, 0.4) is 0 Å². The van der Waals surface area contributed by atoms with E-state index in [2.05, 4.69) is 19.6 Å². The topological polar surface area (TPSA) is 49.8 Å². The third-order valence-corrected chi connectivity index (χ3v) is 5.38. The van der Waals surface area contributed by atoms with Crippen molar-refractivity contribution in [3.05, 3.63) is 23.3 Å². The quantitative estimate of drug-likeness (QED) is 0.820. The molecule has 1 aliphatic heterocycles. The fourth-order valence-electron chi connectivity index (χ4n) is 2.28. The summed E-state index contributed by atoms with van der Waals surface area (Å²) in [6.45, 7) is 6.54. The van der Waals surface area contributed by atoms with Crippen LogP contribution in [0.4, 0.5) is 0 Å². The van der Waals surface area contributed by atoms with E-state index in [1.54, 1.807) is 20.2 Å². The third kappa shape index (κ3) is 1.83. The molecule has 2 rings (SSSR count). The maximum atomic E-state index is 12.2. The number of aliphatic hydroxyl groups excluding tert-OH is 1. The molecule has 0 aliphatic carbocycles. The van der Waals surface area contributed by atoms with E-state index in [0.29, 0.717) is 16.9 Å². The van der Waals surface area contributed by atoms with E-state index >= 15 is 0 Å². The van der Waals surface area contributed by atoms with E-state index < -0.39 is 14.3 Å². The van der Waals surface area contributed by atoms with Gasteiger partial charge in [0.25, 0.3) is 5.91 Å². The van der Waals surface area contributed by atoms with Crippen molar-refractivity contribution in [2.75, 3.05) is 14.2 Å². The minimum absolute atomic E-state index is 0.0995. The fraction of sp³-hybridized carbons (Fsp3) is 0.462. The monoisotopic (exact) mass is 265 g/mol. The molecule has 5 heteroatoms. The Morgan fingerprint density at radius 2 is 1.94 bits per heavy atom. The molecule has 0 bridgehead atoms. The van der Waals surface area contributed by atoms with Crippen LogP contribution in [0.15, 0.2) is 12.1 Å². The number of nitrogens with zero attached hydrogens (tertiary/aromatic N) is 1. The van der Waals surface area contributed by atoms with Gasteiger partial charge in [0.1, 0.15) is 5.75 Å². The Morgan fingerprint density at radius 1 is 1.33 bits per heavy atom. The third-order valence-electron chi connectivity index (χ3n) is 3.37. The first kappa shape index (κ1) is 13.1. The van der Waals surface area contributed by atoms with Crippen LogP contribution >= 0.6 is 0 Å². The number of aliphatic hydroxyl groups is 1. The molecule has 18 heavy (non-hydrogen) atoms. The zero-order valence-corrected chi connectivity index (χ0v) is 12.4. The van der Waals surface area contributed by atoms with Crippen LogP contribution in [0.25, 0.3) is 0 Å². The molecular weight excluding hydrogens is 246 g/mol. The second kappa shape index (κ2) is 4.10. The summed E-state index contributed by atoms with van der Waals surface area (Å²) in [5, 5.41) is 11.1. The molecule has 1 aliphatic rings. The van der Waals surface area contributed by atoms with Crippen molar-refractivity contribution in [1.82, 2.24) is 4.90 Å². The van der Waals surface area contributed by atoms with Gasteiger partial charge < -0.3 is 14.7 Å². The van der Waals surface area contributed by atoms with Crippen LogP contribution in [0, 0.1) is 0 Å². The van der Waals surface area contributed by atoms with Crippen molar-refractivity contribution in [3.63, 3.8) is 0 Å². The molecule has 1 unspecified atom stereocenters. The van der Waals surface area contributed by atoms with Crippen molar-refractivity contribution in [3.8, 4) is 5.75 Å². The van der Waals surface area contributed by atoms with Crippen LogP contribution in [0.2, 0.25) is 19.6 Å². The molecule has 0 fully saturated rings. The van der Waals surface area contributed by atoms with E-state index in [-0.39, 0.29) is 5.91 Å². The zero-order valence-electron chi connectivity index (χ0n) is 11.4. The summed E-state index contributed by atoms with van der Waals surface area (Å²) in [5.41, 5.74) is 1.34. The van der Waals surface area contributed by atoms with Crippen LogP contribution in [-0.4, -0.2) is 38.1 Å². The molecule has 1 aromatic rings. The summed E-state index contributed by atoms with van der Waals surface area (Å²) in [7, 11) is 1.54. The Bertz CT molecular complexity index is 508. The van der Waals surface area contributed by atoms with Gasteiger partial charge in [0, 0.05) is 18.2 Å². The van der Waals surface area contributed by atoms with Gasteiger partial charge in [-0.15, -0.1) is 0 Å². The molecule has 0 saturated heterocycles. The number of ether oxygens (including phenoxy) is 1. The minimum atomic E-state index is -1.68. The zero-order chi connectivity index (χ0) is 13.7. The molecule has 98 valence electrons. The number of benzene rings is 1. The minimum Gasteiger partial charge on any atom is -0.497 e. The lowest BCUT2D eigenvalue weighted by atomic mass is 10.1. The number of carbonyl (C=O) groups is 1. The highest BCUT2D eigenvalue weighted by atomic mass is 28.3. The van der Waals surface area contributed by atoms with Gasteiger partial charge in [-0.3, -0.25) is 4.79 Å². The Balaban J connectivity index is 2.73. The fourth-order valence-corrected chi connectivity index (χ4v) is 3.86.